The highest BCUT2D eigenvalue weighted by atomic mass is 32.2. The van der Waals surface area contributed by atoms with E-state index < -0.39 is 15.9 Å². The van der Waals surface area contributed by atoms with Gasteiger partial charge in [-0.3, -0.25) is 4.79 Å². The van der Waals surface area contributed by atoms with Gasteiger partial charge in [-0.15, -0.1) is 0 Å². The summed E-state index contributed by atoms with van der Waals surface area (Å²) >= 11 is 0. The van der Waals surface area contributed by atoms with Crippen LogP contribution in [0.5, 0.6) is 17.2 Å². The van der Waals surface area contributed by atoms with Crippen molar-refractivity contribution in [2.45, 2.75) is 25.7 Å². The standard InChI is InChI=1S/C19H24N2O6S/c1-4-25-16-11-13(12-17(26-5-2)18(16)27-6-3)19(22)21-14-7-9-15(10-8-14)28(20,23)24/h7-12H,4-6H2,1-3H3,(H,21,22)(H2,20,23,24). The molecule has 0 radical (unpaired) electrons. The van der Waals surface area contributed by atoms with Crippen LogP contribution in [-0.2, 0) is 10.0 Å². The Morgan fingerprint density at radius 1 is 0.929 bits per heavy atom. The average Bonchev–Trinajstić information content (AvgIpc) is 2.64. The number of carbonyl (C=O) groups is 1. The summed E-state index contributed by atoms with van der Waals surface area (Å²) in [4.78, 5) is 12.6. The molecule has 0 saturated carbocycles. The Morgan fingerprint density at radius 3 is 1.86 bits per heavy atom. The Morgan fingerprint density at radius 2 is 1.43 bits per heavy atom. The van der Waals surface area contributed by atoms with E-state index in [0.717, 1.165) is 0 Å². The van der Waals surface area contributed by atoms with Gasteiger partial charge in [0.25, 0.3) is 5.91 Å². The quantitative estimate of drug-likeness (QED) is 0.659. The third-order valence-corrected chi connectivity index (χ3v) is 4.54. The van der Waals surface area contributed by atoms with E-state index in [-0.39, 0.29) is 4.90 Å². The van der Waals surface area contributed by atoms with E-state index in [1.165, 1.54) is 24.3 Å². The molecule has 0 heterocycles. The molecular weight excluding hydrogens is 384 g/mol. The first-order chi connectivity index (χ1) is 13.3. The number of sulfonamides is 1. The summed E-state index contributed by atoms with van der Waals surface area (Å²) in [5.74, 6) is 0.851. The monoisotopic (exact) mass is 408 g/mol. The van der Waals surface area contributed by atoms with Gasteiger partial charge in [-0.05, 0) is 57.2 Å². The van der Waals surface area contributed by atoms with Crippen molar-refractivity contribution in [1.29, 1.82) is 0 Å². The van der Waals surface area contributed by atoms with Crippen molar-refractivity contribution in [3.05, 3.63) is 42.0 Å². The van der Waals surface area contributed by atoms with Crippen LogP contribution in [0.25, 0.3) is 0 Å². The summed E-state index contributed by atoms with van der Waals surface area (Å²) in [7, 11) is -3.79. The molecular formula is C19H24N2O6S. The Kier molecular flexibility index (Phi) is 7.24. The lowest BCUT2D eigenvalue weighted by molar-refractivity contribution is 0.102. The number of amides is 1. The Bertz CT molecular complexity index is 899. The van der Waals surface area contributed by atoms with Crippen LogP contribution in [-0.4, -0.2) is 34.1 Å². The molecule has 1 amide bonds. The van der Waals surface area contributed by atoms with Gasteiger partial charge in [0.2, 0.25) is 15.8 Å². The number of primary sulfonamides is 1. The molecule has 0 spiro atoms. The molecule has 2 aromatic carbocycles. The van der Waals surface area contributed by atoms with Crippen LogP contribution < -0.4 is 24.7 Å². The summed E-state index contributed by atoms with van der Waals surface area (Å²) in [5.41, 5.74) is 0.730. The molecule has 0 bridgehead atoms. The lowest BCUT2D eigenvalue weighted by Crippen LogP contribution is -2.14. The van der Waals surface area contributed by atoms with Crippen molar-refractivity contribution in [1.82, 2.24) is 0 Å². The van der Waals surface area contributed by atoms with Crippen LogP contribution >= 0.6 is 0 Å². The third-order valence-electron chi connectivity index (χ3n) is 3.61. The summed E-state index contributed by atoms with van der Waals surface area (Å²) in [6.45, 7) is 6.71. The zero-order chi connectivity index (χ0) is 20.7. The van der Waals surface area contributed by atoms with Crippen LogP contribution in [0.2, 0.25) is 0 Å². The molecule has 0 aliphatic rings. The van der Waals surface area contributed by atoms with E-state index in [1.54, 1.807) is 12.1 Å². The Hall–Kier alpha value is -2.78. The molecule has 0 unspecified atom stereocenters. The fourth-order valence-corrected chi connectivity index (χ4v) is 2.97. The summed E-state index contributed by atoms with van der Waals surface area (Å²) in [6, 6.07) is 8.70. The van der Waals surface area contributed by atoms with E-state index in [9.17, 15) is 13.2 Å². The molecule has 0 aromatic heterocycles. The highest BCUT2D eigenvalue weighted by Gasteiger charge is 2.18. The van der Waals surface area contributed by atoms with Gasteiger partial charge in [0.05, 0.1) is 24.7 Å². The number of hydrogen-bond donors (Lipinski definition) is 2. The molecule has 9 heteroatoms. The molecule has 3 N–H and O–H groups in total. The van der Waals surface area contributed by atoms with E-state index in [4.69, 9.17) is 19.3 Å². The minimum Gasteiger partial charge on any atom is -0.490 e. The molecule has 2 rings (SSSR count). The summed E-state index contributed by atoms with van der Waals surface area (Å²) < 4.78 is 39.5. The van der Waals surface area contributed by atoms with Crippen LogP contribution in [0.1, 0.15) is 31.1 Å². The summed E-state index contributed by atoms with van der Waals surface area (Å²) in [6.07, 6.45) is 0. The highest BCUT2D eigenvalue weighted by molar-refractivity contribution is 7.89. The molecule has 0 fully saturated rings. The van der Waals surface area contributed by atoms with Gasteiger partial charge < -0.3 is 19.5 Å². The van der Waals surface area contributed by atoms with Crippen LogP contribution in [0.15, 0.2) is 41.3 Å². The van der Waals surface area contributed by atoms with E-state index in [0.29, 0.717) is 48.3 Å². The van der Waals surface area contributed by atoms with Gasteiger partial charge >= 0.3 is 0 Å². The number of benzene rings is 2. The molecule has 0 aliphatic heterocycles. The maximum Gasteiger partial charge on any atom is 0.255 e. The van der Waals surface area contributed by atoms with Crippen molar-refractivity contribution in [3.63, 3.8) is 0 Å². The van der Waals surface area contributed by atoms with Gasteiger partial charge in [0, 0.05) is 11.3 Å². The topological polar surface area (TPSA) is 117 Å². The maximum absolute atomic E-state index is 12.7. The van der Waals surface area contributed by atoms with Crippen LogP contribution in [0.3, 0.4) is 0 Å². The minimum atomic E-state index is -3.79. The molecule has 0 atom stereocenters. The molecule has 28 heavy (non-hydrogen) atoms. The number of rotatable bonds is 9. The van der Waals surface area contributed by atoms with Crippen LogP contribution in [0.4, 0.5) is 5.69 Å². The van der Waals surface area contributed by atoms with Gasteiger partial charge in [0.15, 0.2) is 11.5 Å². The molecule has 152 valence electrons. The fraction of sp³-hybridized carbons (Fsp3) is 0.316. The van der Waals surface area contributed by atoms with Gasteiger partial charge in [-0.25, -0.2) is 13.6 Å². The first-order valence-electron chi connectivity index (χ1n) is 8.80. The number of nitrogens with one attached hydrogen (secondary N) is 1. The number of anilines is 1. The van der Waals surface area contributed by atoms with Crippen molar-refractivity contribution in [2.75, 3.05) is 25.1 Å². The first kappa shape index (κ1) is 21.5. The fourth-order valence-electron chi connectivity index (χ4n) is 2.45. The predicted octanol–water partition coefficient (Wildman–Crippen LogP) is 2.78. The number of carbonyl (C=O) groups excluding carboxylic acids is 1. The van der Waals surface area contributed by atoms with Crippen molar-refractivity contribution >= 4 is 21.6 Å². The lowest BCUT2D eigenvalue weighted by Gasteiger charge is -2.17. The number of ether oxygens (including phenoxy) is 3. The smallest absolute Gasteiger partial charge is 0.255 e. The third kappa shape index (κ3) is 5.37. The normalized spacial score (nSPS) is 11.0. The zero-order valence-electron chi connectivity index (χ0n) is 16.0. The zero-order valence-corrected chi connectivity index (χ0v) is 16.8. The SMILES string of the molecule is CCOc1cc(C(=O)Nc2ccc(S(N)(=O)=O)cc2)cc(OCC)c1OCC. The summed E-state index contributed by atoms with van der Waals surface area (Å²) in [5, 5.41) is 7.77. The number of nitrogens with two attached hydrogens (primary N) is 1. The molecule has 8 nitrogen and oxygen atoms in total. The molecule has 0 saturated heterocycles. The first-order valence-corrected chi connectivity index (χ1v) is 10.3. The van der Waals surface area contributed by atoms with E-state index >= 15 is 0 Å². The molecule has 0 aliphatic carbocycles. The number of hydrogen-bond acceptors (Lipinski definition) is 6. The van der Waals surface area contributed by atoms with Crippen molar-refractivity contribution in [3.8, 4) is 17.2 Å². The van der Waals surface area contributed by atoms with Crippen molar-refractivity contribution in [2.24, 2.45) is 5.14 Å². The van der Waals surface area contributed by atoms with Crippen molar-refractivity contribution < 1.29 is 27.4 Å². The predicted molar refractivity (Wildman–Crippen MR) is 106 cm³/mol. The average molecular weight is 408 g/mol. The van der Waals surface area contributed by atoms with Gasteiger partial charge in [-0.2, -0.15) is 0 Å². The maximum atomic E-state index is 12.7. The van der Waals surface area contributed by atoms with Gasteiger partial charge in [0.1, 0.15) is 0 Å². The largest absolute Gasteiger partial charge is 0.490 e. The Balaban J connectivity index is 2.33. The highest BCUT2D eigenvalue weighted by Crippen LogP contribution is 2.39. The van der Waals surface area contributed by atoms with Gasteiger partial charge in [-0.1, -0.05) is 0 Å². The lowest BCUT2D eigenvalue weighted by atomic mass is 10.1. The second-order valence-electron chi connectivity index (χ2n) is 5.62. The Labute approximate surface area is 164 Å². The van der Waals surface area contributed by atoms with E-state index in [2.05, 4.69) is 5.32 Å². The second kappa shape index (κ2) is 9.43. The van der Waals surface area contributed by atoms with E-state index in [1.807, 2.05) is 20.8 Å². The molecule has 2 aromatic rings. The second-order valence-corrected chi connectivity index (χ2v) is 7.19. The minimum absolute atomic E-state index is 0.0381. The van der Waals surface area contributed by atoms with Crippen LogP contribution in [0, 0.1) is 0 Å².